The molecule has 0 aliphatic carbocycles. The summed E-state index contributed by atoms with van der Waals surface area (Å²) in [5.41, 5.74) is 5.50. The smallest absolute Gasteiger partial charge is 0.399 e. The van der Waals surface area contributed by atoms with Crippen LogP contribution >= 0.6 is 0 Å². The fourth-order valence-corrected chi connectivity index (χ4v) is 3.52. The Bertz CT molecular complexity index is 1090. The van der Waals surface area contributed by atoms with Crippen molar-refractivity contribution in [2.75, 3.05) is 49.2 Å². The third-order valence-corrected chi connectivity index (χ3v) is 5.29. The second-order valence-corrected chi connectivity index (χ2v) is 7.64. The number of nitrogen functional groups attached to an aromatic ring is 1. The molecule has 3 aromatic rings. The molecule has 0 bridgehead atoms. The van der Waals surface area contributed by atoms with Crippen LogP contribution in [0.2, 0.25) is 0 Å². The number of pyridine rings is 2. The standard InChI is InChI=1S/C20H23F3N8.C2H6/c1-12-16-11-25-18(31-5-3-30(2)4-6-31)9-15(16)19(29-28-12)26-10-14-7-13(24)8-17(27-14)20(21,22)23;1-2/h7-9,11H,3-6,10H2,1-2H3,(H2,24,27)(H,26,29);1-2H3. The number of halogens is 3. The number of nitrogens with two attached hydrogens (primary N) is 1. The second kappa shape index (κ2) is 10.2. The van der Waals surface area contributed by atoms with Gasteiger partial charge in [0.2, 0.25) is 0 Å². The molecule has 4 heterocycles. The predicted molar refractivity (Wildman–Crippen MR) is 124 cm³/mol. The Morgan fingerprint density at radius 1 is 1.03 bits per heavy atom. The molecular weight excluding hydrogens is 433 g/mol. The maximum Gasteiger partial charge on any atom is 0.433 e. The van der Waals surface area contributed by atoms with Gasteiger partial charge in [-0.2, -0.15) is 18.3 Å². The van der Waals surface area contributed by atoms with Crippen molar-refractivity contribution in [3.8, 4) is 0 Å². The summed E-state index contributed by atoms with van der Waals surface area (Å²) in [5.74, 6) is 1.29. The van der Waals surface area contributed by atoms with Crippen LogP contribution in [0.3, 0.4) is 0 Å². The van der Waals surface area contributed by atoms with Crippen molar-refractivity contribution in [1.29, 1.82) is 0 Å². The van der Waals surface area contributed by atoms with Gasteiger partial charge >= 0.3 is 6.18 Å². The van der Waals surface area contributed by atoms with Crippen LogP contribution in [-0.2, 0) is 12.7 Å². The van der Waals surface area contributed by atoms with Crippen molar-refractivity contribution >= 4 is 28.1 Å². The molecule has 1 saturated heterocycles. The number of anilines is 3. The van der Waals surface area contributed by atoms with Gasteiger partial charge in [-0.25, -0.2) is 9.97 Å². The van der Waals surface area contributed by atoms with E-state index >= 15 is 0 Å². The van der Waals surface area contributed by atoms with Crippen LogP contribution in [0.5, 0.6) is 0 Å². The van der Waals surface area contributed by atoms with Crippen LogP contribution in [0.4, 0.5) is 30.5 Å². The van der Waals surface area contributed by atoms with E-state index < -0.39 is 11.9 Å². The summed E-state index contributed by atoms with van der Waals surface area (Å²) in [6, 6.07) is 4.17. The van der Waals surface area contributed by atoms with Gasteiger partial charge in [0.25, 0.3) is 0 Å². The number of likely N-dealkylation sites (N-methyl/N-ethyl adjacent to an activating group) is 1. The number of aryl methyl sites for hydroxylation is 1. The topological polar surface area (TPSA) is 96.1 Å². The molecule has 1 fully saturated rings. The van der Waals surface area contributed by atoms with Crippen LogP contribution in [0.25, 0.3) is 10.8 Å². The van der Waals surface area contributed by atoms with Crippen molar-refractivity contribution in [3.63, 3.8) is 0 Å². The molecule has 0 aromatic carbocycles. The normalized spacial score (nSPS) is 14.7. The van der Waals surface area contributed by atoms with Crippen LogP contribution in [0, 0.1) is 6.92 Å². The summed E-state index contributed by atoms with van der Waals surface area (Å²) in [6.45, 7) is 9.48. The maximum absolute atomic E-state index is 13.0. The number of aromatic nitrogens is 4. The Hall–Kier alpha value is -3.21. The lowest BCUT2D eigenvalue weighted by Crippen LogP contribution is -2.44. The van der Waals surface area contributed by atoms with Gasteiger partial charge in [-0.3, -0.25) is 0 Å². The zero-order chi connectivity index (χ0) is 24.2. The molecule has 8 nitrogen and oxygen atoms in total. The average Bonchev–Trinajstić information content (AvgIpc) is 2.79. The average molecular weight is 463 g/mol. The molecule has 0 saturated carbocycles. The van der Waals surface area contributed by atoms with E-state index in [1.807, 2.05) is 26.8 Å². The molecule has 3 aromatic heterocycles. The molecule has 11 heteroatoms. The van der Waals surface area contributed by atoms with Crippen molar-refractivity contribution in [2.24, 2.45) is 0 Å². The third-order valence-electron chi connectivity index (χ3n) is 5.29. The lowest BCUT2D eigenvalue weighted by molar-refractivity contribution is -0.141. The van der Waals surface area contributed by atoms with Gasteiger partial charge in [-0.1, -0.05) is 13.8 Å². The van der Waals surface area contributed by atoms with E-state index in [1.165, 1.54) is 6.07 Å². The predicted octanol–water partition coefficient (Wildman–Crippen LogP) is 3.72. The summed E-state index contributed by atoms with van der Waals surface area (Å²) >= 11 is 0. The minimum atomic E-state index is -4.57. The molecule has 4 rings (SSSR count). The fourth-order valence-electron chi connectivity index (χ4n) is 3.52. The van der Waals surface area contributed by atoms with Gasteiger partial charge < -0.3 is 20.9 Å². The van der Waals surface area contributed by atoms with Crippen molar-refractivity contribution in [1.82, 2.24) is 25.1 Å². The first kappa shape index (κ1) is 24.4. The molecule has 0 spiro atoms. The zero-order valence-electron chi connectivity index (χ0n) is 19.2. The Morgan fingerprint density at radius 3 is 2.39 bits per heavy atom. The Balaban J connectivity index is 0.00000149. The first-order chi connectivity index (χ1) is 15.7. The largest absolute Gasteiger partial charge is 0.433 e. The Kier molecular flexibility index (Phi) is 7.52. The van der Waals surface area contributed by atoms with E-state index in [1.54, 1.807) is 6.20 Å². The molecule has 33 heavy (non-hydrogen) atoms. The SMILES string of the molecule is CC.Cc1nnc(NCc2cc(N)cc(C(F)(F)F)n2)c2cc(N3CCN(C)CC3)ncc12. The lowest BCUT2D eigenvalue weighted by Gasteiger charge is -2.33. The molecule has 0 amide bonds. The van der Waals surface area contributed by atoms with Gasteiger partial charge in [0.1, 0.15) is 11.5 Å². The highest BCUT2D eigenvalue weighted by molar-refractivity contribution is 5.94. The summed E-state index contributed by atoms with van der Waals surface area (Å²) in [6.07, 6.45) is -2.80. The molecule has 178 valence electrons. The van der Waals surface area contributed by atoms with Crippen molar-refractivity contribution in [2.45, 2.75) is 33.5 Å². The first-order valence-electron chi connectivity index (χ1n) is 10.8. The lowest BCUT2D eigenvalue weighted by atomic mass is 10.1. The fraction of sp³-hybridized carbons (Fsp3) is 0.455. The Labute approximate surface area is 191 Å². The highest BCUT2D eigenvalue weighted by atomic mass is 19.4. The van der Waals surface area contributed by atoms with Gasteiger partial charge in [0.05, 0.1) is 17.9 Å². The molecule has 1 aliphatic heterocycles. The highest BCUT2D eigenvalue weighted by Crippen LogP contribution is 2.30. The van der Waals surface area contributed by atoms with Crippen LogP contribution in [0.15, 0.2) is 24.4 Å². The number of alkyl halides is 3. The number of nitrogens with one attached hydrogen (secondary N) is 1. The summed E-state index contributed by atoms with van der Waals surface area (Å²) in [4.78, 5) is 12.7. The van der Waals surface area contributed by atoms with E-state index in [0.717, 1.165) is 54.5 Å². The summed E-state index contributed by atoms with van der Waals surface area (Å²) < 4.78 is 39.1. The highest BCUT2D eigenvalue weighted by Gasteiger charge is 2.33. The molecule has 1 aliphatic rings. The first-order valence-corrected chi connectivity index (χ1v) is 10.8. The number of nitrogens with zero attached hydrogens (tertiary/aromatic N) is 6. The minimum Gasteiger partial charge on any atom is -0.399 e. The number of hydrogen-bond donors (Lipinski definition) is 2. The van der Waals surface area contributed by atoms with Crippen LogP contribution < -0.4 is 16.0 Å². The van der Waals surface area contributed by atoms with Gasteiger partial charge in [-0.15, -0.1) is 5.10 Å². The van der Waals surface area contributed by atoms with E-state index in [-0.39, 0.29) is 17.9 Å². The van der Waals surface area contributed by atoms with E-state index in [9.17, 15) is 13.2 Å². The molecular formula is C22H29F3N8. The number of rotatable bonds is 4. The maximum atomic E-state index is 13.0. The number of fused-ring (bicyclic) bond motifs is 1. The van der Waals surface area contributed by atoms with E-state index in [0.29, 0.717) is 5.82 Å². The van der Waals surface area contributed by atoms with Gasteiger partial charge in [0.15, 0.2) is 5.82 Å². The van der Waals surface area contributed by atoms with Crippen molar-refractivity contribution in [3.05, 3.63) is 41.5 Å². The van der Waals surface area contributed by atoms with Gasteiger partial charge in [0, 0.05) is 48.8 Å². The van der Waals surface area contributed by atoms with Crippen LogP contribution in [0.1, 0.15) is 30.9 Å². The second-order valence-electron chi connectivity index (χ2n) is 7.64. The van der Waals surface area contributed by atoms with Gasteiger partial charge in [-0.05, 0) is 32.2 Å². The molecule has 0 atom stereocenters. The monoisotopic (exact) mass is 462 g/mol. The third kappa shape index (κ3) is 5.78. The summed E-state index contributed by atoms with van der Waals surface area (Å²) in [7, 11) is 2.08. The number of piperazine rings is 1. The summed E-state index contributed by atoms with van der Waals surface area (Å²) in [5, 5.41) is 13.1. The van der Waals surface area contributed by atoms with E-state index in [4.69, 9.17) is 5.73 Å². The van der Waals surface area contributed by atoms with E-state index in [2.05, 4.69) is 42.3 Å². The van der Waals surface area contributed by atoms with Crippen molar-refractivity contribution < 1.29 is 13.2 Å². The molecule has 3 N–H and O–H groups in total. The molecule has 0 unspecified atom stereocenters. The number of hydrogen-bond acceptors (Lipinski definition) is 8. The molecule has 0 radical (unpaired) electrons. The van der Waals surface area contributed by atoms with Crippen LogP contribution in [-0.4, -0.2) is 58.3 Å². The zero-order valence-corrected chi connectivity index (χ0v) is 19.2. The Morgan fingerprint density at radius 2 is 1.73 bits per heavy atom. The minimum absolute atomic E-state index is 0.000487. The quantitative estimate of drug-likeness (QED) is 0.606.